The summed E-state index contributed by atoms with van der Waals surface area (Å²) in [6.45, 7) is 2.68. The van der Waals surface area contributed by atoms with Gasteiger partial charge in [0.05, 0.1) is 6.04 Å². The minimum absolute atomic E-state index is 0.169. The largest absolute Gasteiger partial charge is 0.333 e. The highest BCUT2D eigenvalue weighted by molar-refractivity contribution is 5.77. The SMILES string of the molecule is CN1CCN(C(=O)CC2CCCCC2N)C(c2ccccc2)C1. The fraction of sp³-hybridized carbons (Fsp3) is 0.632. The number of nitrogens with two attached hydrogens (primary N) is 1. The van der Waals surface area contributed by atoms with Crippen LogP contribution >= 0.6 is 0 Å². The second-order valence-corrected chi connectivity index (χ2v) is 7.19. The fourth-order valence-electron chi connectivity index (χ4n) is 4.01. The van der Waals surface area contributed by atoms with E-state index in [-0.39, 0.29) is 18.0 Å². The number of amides is 1. The molecule has 2 aliphatic rings. The number of benzene rings is 1. The molecule has 126 valence electrons. The molecule has 1 aliphatic heterocycles. The summed E-state index contributed by atoms with van der Waals surface area (Å²) in [4.78, 5) is 17.4. The Kier molecular flexibility index (Phi) is 5.34. The van der Waals surface area contributed by atoms with Crippen LogP contribution < -0.4 is 5.73 Å². The maximum Gasteiger partial charge on any atom is 0.223 e. The third kappa shape index (κ3) is 3.93. The average Bonchev–Trinajstić information content (AvgIpc) is 2.57. The molecule has 2 N–H and O–H groups in total. The first-order valence-corrected chi connectivity index (χ1v) is 8.93. The average molecular weight is 315 g/mol. The Morgan fingerprint density at radius 3 is 2.65 bits per heavy atom. The molecule has 4 heteroatoms. The van der Waals surface area contributed by atoms with E-state index >= 15 is 0 Å². The van der Waals surface area contributed by atoms with E-state index < -0.39 is 0 Å². The van der Waals surface area contributed by atoms with Crippen molar-refractivity contribution in [1.29, 1.82) is 0 Å². The number of carbonyl (C=O) groups excluding carboxylic acids is 1. The predicted molar refractivity (Wildman–Crippen MR) is 92.9 cm³/mol. The number of carbonyl (C=O) groups is 1. The monoisotopic (exact) mass is 315 g/mol. The lowest BCUT2D eigenvalue weighted by Gasteiger charge is -2.41. The Morgan fingerprint density at radius 1 is 1.17 bits per heavy atom. The summed E-state index contributed by atoms with van der Waals surface area (Å²) < 4.78 is 0. The lowest BCUT2D eigenvalue weighted by molar-refractivity contribution is -0.137. The first-order valence-electron chi connectivity index (χ1n) is 8.93. The number of likely N-dealkylation sites (N-methyl/N-ethyl adjacent to an activating group) is 1. The number of nitrogens with zero attached hydrogens (tertiary/aromatic N) is 2. The predicted octanol–water partition coefficient (Wildman–Crippen LogP) is 2.41. The van der Waals surface area contributed by atoms with Gasteiger partial charge in [-0.1, -0.05) is 43.2 Å². The smallest absolute Gasteiger partial charge is 0.223 e. The quantitative estimate of drug-likeness (QED) is 0.932. The van der Waals surface area contributed by atoms with Gasteiger partial charge in [0, 0.05) is 32.1 Å². The van der Waals surface area contributed by atoms with E-state index in [0.717, 1.165) is 32.5 Å². The van der Waals surface area contributed by atoms with Crippen molar-refractivity contribution in [2.75, 3.05) is 26.7 Å². The van der Waals surface area contributed by atoms with Gasteiger partial charge >= 0.3 is 0 Å². The first kappa shape index (κ1) is 16.5. The van der Waals surface area contributed by atoms with Crippen LogP contribution in [0.15, 0.2) is 30.3 Å². The van der Waals surface area contributed by atoms with E-state index in [2.05, 4.69) is 41.1 Å². The third-order valence-corrected chi connectivity index (χ3v) is 5.49. The molecule has 3 unspecified atom stereocenters. The molecule has 1 saturated carbocycles. The molecule has 1 amide bonds. The molecule has 3 rings (SSSR count). The van der Waals surface area contributed by atoms with Crippen LogP contribution in [0.5, 0.6) is 0 Å². The van der Waals surface area contributed by atoms with Crippen LogP contribution in [0.4, 0.5) is 0 Å². The van der Waals surface area contributed by atoms with Gasteiger partial charge in [-0.2, -0.15) is 0 Å². The Bertz CT molecular complexity index is 519. The van der Waals surface area contributed by atoms with E-state index in [1.807, 2.05) is 6.07 Å². The van der Waals surface area contributed by atoms with Crippen molar-refractivity contribution in [2.45, 2.75) is 44.2 Å². The molecular weight excluding hydrogens is 286 g/mol. The number of hydrogen-bond donors (Lipinski definition) is 1. The lowest BCUT2D eigenvalue weighted by Crippen LogP contribution is -2.50. The van der Waals surface area contributed by atoms with Crippen LogP contribution in [-0.2, 0) is 4.79 Å². The zero-order valence-corrected chi connectivity index (χ0v) is 14.2. The van der Waals surface area contributed by atoms with Crippen molar-refractivity contribution >= 4 is 5.91 Å². The van der Waals surface area contributed by atoms with Crippen LogP contribution in [0.3, 0.4) is 0 Å². The Morgan fingerprint density at radius 2 is 1.91 bits per heavy atom. The molecule has 1 heterocycles. The summed E-state index contributed by atoms with van der Waals surface area (Å²) in [7, 11) is 2.13. The van der Waals surface area contributed by atoms with Crippen molar-refractivity contribution in [3.05, 3.63) is 35.9 Å². The topological polar surface area (TPSA) is 49.6 Å². The lowest BCUT2D eigenvalue weighted by atomic mass is 9.82. The van der Waals surface area contributed by atoms with Crippen LogP contribution in [0, 0.1) is 5.92 Å². The zero-order valence-electron chi connectivity index (χ0n) is 14.2. The molecule has 2 fully saturated rings. The van der Waals surface area contributed by atoms with Crippen LogP contribution in [-0.4, -0.2) is 48.4 Å². The van der Waals surface area contributed by atoms with Crippen molar-refractivity contribution in [1.82, 2.24) is 9.80 Å². The molecular formula is C19H29N3O. The molecule has 4 nitrogen and oxygen atoms in total. The van der Waals surface area contributed by atoms with Gasteiger partial charge in [-0.05, 0) is 31.4 Å². The fourth-order valence-corrected chi connectivity index (χ4v) is 4.01. The molecule has 0 bridgehead atoms. The highest BCUT2D eigenvalue weighted by atomic mass is 16.2. The summed E-state index contributed by atoms with van der Waals surface area (Å²) >= 11 is 0. The maximum absolute atomic E-state index is 13.0. The Balaban J connectivity index is 1.71. The first-order chi connectivity index (χ1) is 11.1. The second-order valence-electron chi connectivity index (χ2n) is 7.19. The number of piperazine rings is 1. The summed E-state index contributed by atoms with van der Waals surface area (Å²) in [5, 5.41) is 0. The van der Waals surface area contributed by atoms with Gasteiger partial charge in [-0.25, -0.2) is 0 Å². The maximum atomic E-state index is 13.0. The van der Waals surface area contributed by atoms with Gasteiger partial charge in [-0.3, -0.25) is 4.79 Å². The Hall–Kier alpha value is -1.39. The molecule has 0 radical (unpaired) electrons. The number of hydrogen-bond acceptors (Lipinski definition) is 3. The van der Waals surface area contributed by atoms with Crippen molar-refractivity contribution < 1.29 is 4.79 Å². The third-order valence-electron chi connectivity index (χ3n) is 5.49. The molecule has 1 aliphatic carbocycles. The highest BCUT2D eigenvalue weighted by Gasteiger charge is 2.32. The second kappa shape index (κ2) is 7.45. The van der Waals surface area contributed by atoms with Crippen LogP contribution in [0.2, 0.25) is 0 Å². The van der Waals surface area contributed by atoms with E-state index in [1.165, 1.54) is 18.4 Å². The van der Waals surface area contributed by atoms with Crippen LogP contribution in [0.1, 0.15) is 43.7 Å². The summed E-state index contributed by atoms with van der Waals surface area (Å²) in [6, 6.07) is 10.8. The van der Waals surface area contributed by atoms with Crippen LogP contribution in [0.25, 0.3) is 0 Å². The normalized spacial score (nSPS) is 29.5. The minimum Gasteiger partial charge on any atom is -0.333 e. The molecule has 23 heavy (non-hydrogen) atoms. The molecule has 1 saturated heterocycles. The Labute approximate surface area is 139 Å². The van der Waals surface area contributed by atoms with Crippen molar-refractivity contribution in [3.63, 3.8) is 0 Å². The van der Waals surface area contributed by atoms with E-state index in [9.17, 15) is 4.79 Å². The van der Waals surface area contributed by atoms with Gasteiger partial charge in [0.1, 0.15) is 0 Å². The standard InChI is InChI=1S/C19H29N3O/c1-21-11-12-22(18(14-21)15-7-3-2-4-8-15)19(23)13-16-9-5-6-10-17(16)20/h2-4,7-8,16-18H,5-6,9-14,20H2,1H3. The van der Waals surface area contributed by atoms with E-state index in [1.54, 1.807) is 0 Å². The summed E-state index contributed by atoms with van der Waals surface area (Å²) in [5.74, 6) is 0.654. The molecule has 0 aromatic heterocycles. The molecule has 0 spiro atoms. The van der Waals surface area contributed by atoms with Gasteiger partial charge in [-0.15, -0.1) is 0 Å². The van der Waals surface area contributed by atoms with Crippen molar-refractivity contribution in [2.24, 2.45) is 11.7 Å². The summed E-state index contributed by atoms with van der Waals surface area (Å²) in [6.07, 6.45) is 5.23. The van der Waals surface area contributed by atoms with Gasteiger partial charge < -0.3 is 15.5 Å². The van der Waals surface area contributed by atoms with Crippen molar-refractivity contribution in [3.8, 4) is 0 Å². The van der Waals surface area contributed by atoms with Gasteiger partial charge in [0.25, 0.3) is 0 Å². The molecule has 1 aromatic rings. The zero-order chi connectivity index (χ0) is 16.2. The van der Waals surface area contributed by atoms with Gasteiger partial charge in [0.2, 0.25) is 5.91 Å². The summed E-state index contributed by atoms with van der Waals surface area (Å²) in [5.41, 5.74) is 7.48. The van der Waals surface area contributed by atoms with Gasteiger partial charge in [0.15, 0.2) is 0 Å². The molecule has 3 atom stereocenters. The highest BCUT2D eigenvalue weighted by Crippen LogP contribution is 2.30. The van der Waals surface area contributed by atoms with E-state index in [0.29, 0.717) is 12.3 Å². The molecule has 1 aromatic carbocycles. The van der Waals surface area contributed by atoms with E-state index in [4.69, 9.17) is 5.73 Å². The minimum atomic E-state index is 0.169. The number of rotatable bonds is 3.